The Hall–Kier alpha value is -2.35. The summed E-state index contributed by atoms with van der Waals surface area (Å²) in [5, 5.41) is 11.1. The molecule has 3 rings (SSSR count). The fourth-order valence-corrected chi connectivity index (χ4v) is 3.74. The van der Waals surface area contributed by atoms with Gasteiger partial charge in [0.15, 0.2) is 10.6 Å². The van der Waals surface area contributed by atoms with Gasteiger partial charge < -0.3 is 10.1 Å². The average Bonchev–Trinajstić information content (AvgIpc) is 3.06. The Labute approximate surface area is 183 Å². The van der Waals surface area contributed by atoms with E-state index in [9.17, 15) is 4.79 Å². The third kappa shape index (κ3) is 5.18. The number of H-pyrrole nitrogens is 1. The van der Waals surface area contributed by atoms with E-state index in [2.05, 4.69) is 15.5 Å². The summed E-state index contributed by atoms with van der Waals surface area (Å²) >= 11 is 17.5. The van der Waals surface area contributed by atoms with Gasteiger partial charge >= 0.3 is 0 Å². The number of carbonyl (C=O) groups excluding carboxylic acids is 1. The Bertz CT molecular complexity index is 1060. The Morgan fingerprint density at radius 1 is 1.28 bits per heavy atom. The molecule has 29 heavy (non-hydrogen) atoms. The highest BCUT2D eigenvalue weighted by atomic mass is 35.5. The molecular weight excluding hydrogens is 431 g/mol. The molecule has 9 heteroatoms. The zero-order valence-electron chi connectivity index (χ0n) is 15.9. The van der Waals surface area contributed by atoms with Gasteiger partial charge in [0, 0.05) is 28.6 Å². The van der Waals surface area contributed by atoms with E-state index in [1.807, 2.05) is 37.3 Å². The Morgan fingerprint density at radius 2 is 2.00 bits per heavy atom. The number of nitrogens with one attached hydrogen (secondary N) is 2. The summed E-state index contributed by atoms with van der Waals surface area (Å²) in [6.45, 7) is 2.27. The minimum absolute atomic E-state index is 0.118. The molecule has 0 spiro atoms. The van der Waals surface area contributed by atoms with Crippen LogP contribution in [-0.4, -0.2) is 27.8 Å². The van der Waals surface area contributed by atoms with E-state index in [0.717, 1.165) is 16.9 Å². The van der Waals surface area contributed by atoms with E-state index < -0.39 is 0 Å². The van der Waals surface area contributed by atoms with E-state index in [-0.39, 0.29) is 18.4 Å². The summed E-state index contributed by atoms with van der Waals surface area (Å²) in [6.07, 6.45) is 0.243. The van der Waals surface area contributed by atoms with Gasteiger partial charge in [-0.3, -0.25) is 14.5 Å². The molecule has 3 aromatic rings. The monoisotopic (exact) mass is 450 g/mol. The summed E-state index contributed by atoms with van der Waals surface area (Å²) in [6, 6.07) is 12.5. The van der Waals surface area contributed by atoms with Gasteiger partial charge in [-0.2, -0.15) is 5.10 Å². The molecule has 0 unspecified atom stereocenters. The van der Waals surface area contributed by atoms with E-state index in [0.29, 0.717) is 27.2 Å². The second-order valence-corrected chi connectivity index (χ2v) is 7.67. The van der Waals surface area contributed by atoms with Gasteiger partial charge in [0.1, 0.15) is 5.75 Å². The Balaban J connectivity index is 1.67. The van der Waals surface area contributed by atoms with Crippen molar-refractivity contribution < 1.29 is 9.53 Å². The number of hydrogen-bond donors (Lipinski definition) is 2. The molecule has 152 valence electrons. The topological polar surface area (TPSA) is 71.9 Å². The van der Waals surface area contributed by atoms with Gasteiger partial charge in [-0.15, -0.1) is 0 Å². The standard InChI is InChI=1S/C20H20Cl2N4O2S/c1-12(16-8-5-14(21)11-17(16)22)23-18(27)9-10-26-19(24-25-20(26)29)13-3-6-15(28-2)7-4-13/h3-8,11-12H,9-10H2,1-2H3,(H,23,27)(H,25,29)/t12-/m1/s1. The fraction of sp³-hybridized carbons (Fsp3) is 0.250. The van der Waals surface area contributed by atoms with Crippen molar-refractivity contribution in [3.05, 3.63) is 62.8 Å². The average molecular weight is 451 g/mol. The number of aromatic amines is 1. The van der Waals surface area contributed by atoms with Gasteiger partial charge in [-0.05, 0) is 61.1 Å². The van der Waals surface area contributed by atoms with Gasteiger partial charge in [-0.1, -0.05) is 29.3 Å². The van der Waals surface area contributed by atoms with Crippen molar-refractivity contribution in [3.8, 4) is 17.1 Å². The second-order valence-electron chi connectivity index (χ2n) is 6.44. The predicted molar refractivity (Wildman–Crippen MR) is 117 cm³/mol. The number of aromatic nitrogens is 3. The minimum atomic E-state index is -0.245. The Kier molecular flexibility index (Phi) is 6.95. The number of benzene rings is 2. The normalized spacial score (nSPS) is 11.9. The van der Waals surface area contributed by atoms with Crippen molar-refractivity contribution in [1.82, 2.24) is 20.1 Å². The predicted octanol–water partition coefficient (Wildman–Crippen LogP) is 5.19. The summed E-state index contributed by atoms with van der Waals surface area (Å²) in [5.74, 6) is 1.30. The molecule has 0 saturated carbocycles. The summed E-state index contributed by atoms with van der Waals surface area (Å²) in [7, 11) is 1.61. The largest absolute Gasteiger partial charge is 0.497 e. The van der Waals surface area contributed by atoms with E-state index >= 15 is 0 Å². The van der Waals surface area contributed by atoms with Crippen LogP contribution in [0.1, 0.15) is 24.9 Å². The van der Waals surface area contributed by atoms with Crippen molar-refractivity contribution in [2.45, 2.75) is 25.9 Å². The number of nitrogens with zero attached hydrogens (tertiary/aromatic N) is 2. The molecule has 0 aliphatic carbocycles. The summed E-state index contributed by atoms with van der Waals surface area (Å²) < 4.78 is 7.44. The highest BCUT2D eigenvalue weighted by molar-refractivity contribution is 7.71. The molecule has 0 radical (unpaired) electrons. The lowest BCUT2D eigenvalue weighted by molar-refractivity contribution is -0.121. The van der Waals surface area contributed by atoms with E-state index in [1.54, 1.807) is 23.8 Å². The lowest BCUT2D eigenvalue weighted by Crippen LogP contribution is -2.27. The molecule has 1 heterocycles. The van der Waals surface area contributed by atoms with Crippen molar-refractivity contribution in [1.29, 1.82) is 0 Å². The first kappa shape index (κ1) is 21.4. The summed E-state index contributed by atoms with van der Waals surface area (Å²) in [5.41, 5.74) is 1.68. The van der Waals surface area contributed by atoms with Crippen LogP contribution in [0.5, 0.6) is 5.75 Å². The van der Waals surface area contributed by atoms with Gasteiger partial charge in [0.25, 0.3) is 0 Å². The molecule has 1 aromatic heterocycles. The highest BCUT2D eigenvalue weighted by Gasteiger charge is 2.15. The van der Waals surface area contributed by atoms with Crippen LogP contribution in [0, 0.1) is 4.77 Å². The van der Waals surface area contributed by atoms with Crippen LogP contribution in [0.25, 0.3) is 11.4 Å². The quantitative estimate of drug-likeness (QED) is 0.485. The third-order valence-electron chi connectivity index (χ3n) is 4.48. The van der Waals surface area contributed by atoms with Crippen molar-refractivity contribution in [3.63, 3.8) is 0 Å². The minimum Gasteiger partial charge on any atom is -0.497 e. The molecular formula is C20H20Cl2N4O2S. The SMILES string of the molecule is COc1ccc(-c2n[nH]c(=S)n2CCC(=O)N[C@H](C)c2ccc(Cl)cc2Cl)cc1. The molecule has 6 nitrogen and oxygen atoms in total. The van der Waals surface area contributed by atoms with Crippen LogP contribution < -0.4 is 10.1 Å². The van der Waals surface area contributed by atoms with Crippen molar-refractivity contribution in [2.75, 3.05) is 7.11 Å². The maximum absolute atomic E-state index is 12.5. The number of rotatable bonds is 7. The van der Waals surface area contributed by atoms with Gasteiger partial charge in [0.05, 0.1) is 13.2 Å². The number of hydrogen-bond acceptors (Lipinski definition) is 4. The molecule has 2 N–H and O–H groups in total. The maximum atomic E-state index is 12.5. The Morgan fingerprint density at radius 3 is 2.66 bits per heavy atom. The van der Waals surface area contributed by atoms with Crippen molar-refractivity contribution in [2.24, 2.45) is 0 Å². The zero-order chi connectivity index (χ0) is 21.0. The van der Waals surface area contributed by atoms with Crippen LogP contribution in [-0.2, 0) is 11.3 Å². The number of methoxy groups -OCH3 is 1. The van der Waals surface area contributed by atoms with Gasteiger partial charge in [0.2, 0.25) is 5.91 Å². The van der Waals surface area contributed by atoms with E-state index in [4.69, 9.17) is 40.2 Å². The molecule has 0 fully saturated rings. The lowest BCUT2D eigenvalue weighted by atomic mass is 10.1. The van der Waals surface area contributed by atoms with Crippen LogP contribution in [0.3, 0.4) is 0 Å². The maximum Gasteiger partial charge on any atom is 0.222 e. The van der Waals surface area contributed by atoms with E-state index in [1.165, 1.54) is 0 Å². The van der Waals surface area contributed by atoms with Crippen LogP contribution >= 0.6 is 35.4 Å². The first-order valence-corrected chi connectivity index (χ1v) is 10.1. The number of carbonyl (C=O) groups is 1. The smallest absolute Gasteiger partial charge is 0.222 e. The molecule has 0 aliphatic rings. The lowest BCUT2D eigenvalue weighted by Gasteiger charge is -2.16. The van der Waals surface area contributed by atoms with Crippen LogP contribution in [0.4, 0.5) is 0 Å². The number of halogens is 2. The number of amides is 1. The van der Waals surface area contributed by atoms with Crippen LogP contribution in [0.15, 0.2) is 42.5 Å². The molecule has 2 aromatic carbocycles. The van der Waals surface area contributed by atoms with Crippen LogP contribution in [0.2, 0.25) is 10.0 Å². The first-order chi connectivity index (χ1) is 13.9. The third-order valence-corrected chi connectivity index (χ3v) is 5.35. The fourth-order valence-electron chi connectivity index (χ4n) is 2.94. The molecule has 1 atom stereocenters. The second kappa shape index (κ2) is 9.43. The zero-order valence-corrected chi connectivity index (χ0v) is 18.2. The number of ether oxygens (including phenoxy) is 1. The summed E-state index contributed by atoms with van der Waals surface area (Å²) in [4.78, 5) is 12.5. The molecule has 1 amide bonds. The highest BCUT2D eigenvalue weighted by Crippen LogP contribution is 2.26. The first-order valence-electron chi connectivity index (χ1n) is 8.93. The molecule has 0 saturated heterocycles. The van der Waals surface area contributed by atoms with Gasteiger partial charge in [-0.25, -0.2) is 0 Å². The molecule has 0 aliphatic heterocycles. The van der Waals surface area contributed by atoms with Crippen molar-refractivity contribution >= 4 is 41.3 Å². The molecule has 0 bridgehead atoms.